The van der Waals surface area contributed by atoms with Crippen LogP contribution in [0.1, 0.15) is 27.7 Å². The molecule has 1 atom stereocenters. The lowest BCUT2D eigenvalue weighted by Gasteiger charge is -2.16. The molecule has 2 aromatic rings. The van der Waals surface area contributed by atoms with E-state index in [2.05, 4.69) is 5.32 Å². The Labute approximate surface area is 130 Å². The first kappa shape index (κ1) is 14.4. The van der Waals surface area contributed by atoms with Gasteiger partial charge in [-0.3, -0.25) is 9.59 Å². The smallest absolute Gasteiger partial charge is 0.305 e. The number of ether oxygens (including phenoxy) is 2. The first-order chi connectivity index (χ1) is 10.6. The first-order valence-corrected chi connectivity index (χ1v) is 7.48. The molecule has 1 aliphatic rings. The van der Waals surface area contributed by atoms with E-state index in [1.807, 2.05) is 11.4 Å². The van der Waals surface area contributed by atoms with E-state index in [0.717, 1.165) is 4.88 Å². The Hall–Kier alpha value is -2.54. The number of thiophene rings is 1. The minimum absolute atomic E-state index is 0.0725. The summed E-state index contributed by atoms with van der Waals surface area (Å²) in [6, 6.07) is 8.07. The quantitative estimate of drug-likeness (QED) is 0.884. The van der Waals surface area contributed by atoms with Gasteiger partial charge in [0.25, 0.3) is 5.91 Å². The van der Waals surface area contributed by atoms with Crippen molar-refractivity contribution >= 4 is 23.2 Å². The summed E-state index contributed by atoms with van der Waals surface area (Å²) in [5.74, 6) is -0.461. The molecule has 1 amide bonds. The summed E-state index contributed by atoms with van der Waals surface area (Å²) >= 11 is 1.40. The van der Waals surface area contributed by atoms with Crippen molar-refractivity contribution in [3.8, 4) is 11.5 Å². The Morgan fingerprint density at radius 2 is 2.14 bits per heavy atom. The average Bonchev–Trinajstić information content (AvgIpc) is 3.16. The largest absolute Gasteiger partial charge is 0.481 e. The van der Waals surface area contributed by atoms with E-state index in [4.69, 9.17) is 14.6 Å². The van der Waals surface area contributed by atoms with Gasteiger partial charge in [0, 0.05) is 4.88 Å². The van der Waals surface area contributed by atoms with Gasteiger partial charge in [0.1, 0.15) is 0 Å². The molecule has 0 aliphatic carbocycles. The van der Waals surface area contributed by atoms with Gasteiger partial charge >= 0.3 is 5.97 Å². The number of aliphatic carboxylic acids is 1. The fraction of sp³-hybridized carbons (Fsp3) is 0.200. The van der Waals surface area contributed by atoms with Gasteiger partial charge in [0.15, 0.2) is 11.5 Å². The number of carbonyl (C=O) groups is 2. The molecule has 6 nitrogen and oxygen atoms in total. The summed E-state index contributed by atoms with van der Waals surface area (Å²) in [5, 5.41) is 13.6. The van der Waals surface area contributed by atoms with Gasteiger partial charge in [-0.25, -0.2) is 0 Å². The average molecular weight is 319 g/mol. The van der Waals surface area contributed by atoms with Gasteiger partial charge < -0.3 is 19.9 Å². The molecule has 3 rings (SSSR count). The van der Waals surface area contributed by atoms with Gasteiger partial charge in [-0.1, -0.05) is 12.1 Å². The van der Waals surface area contributed by atoms with E-state index in [-0.39, 0.29) is 19.1 Å². The predicted molar refractivity (Wildman–Crippen MR) is 79.3 cm³/mol. The lowest BCUT2D eigenvalue weighted by molar-refractivity contribution is -0.137. The minimum Gasteiger partial charge on any atom is -0.481 e. The molecule has 0 bridgehead atoms. The molecule has 0 unspecified atom stereocenters. The van der Waals surface area contributed by atoms with Crippen LogP contribution in [0.2, 0.25) is 0 Å². The van der Waals surface area contributed by atoms with E-state index in [1.165, 1.54) is 11.3 Å². The van der Waals surface area contributed by atoms with Crippen molar-refractivity contribution in [1.29, 1.82) is 0 Å². The van der Waals surface area contributed by atoms with Crippen LogP contribution in [0.4, 0.5) is 0 Å². The monoisotopic (exact) mass is 319 g/mol. The zero-order valence-electron chi connectivity index (χ0n) is 11.4. The summed E-state index contributed by atoms with van der Waals surface area (Å²) in [7, 11) is 0. The number of rotatable bonds is 5. The number of carbonyl (C=O) groups excluding carboxylic acids is 1. The Morgan fingerprint density at radius 3 is 2.86 bits per heavy atom. The van der Waals surface area contributed by atoms with Crippen LogP contribution in [-0.2, 0) is 4.79 Å². The van der Waals surface area contributed by atoms with E-state index < -0.39 is 12.0 Å². The molecule has 1 aromatic heterocycles. The molecule has 2 heterocycles. The second-order valence-electron chi connectivity index (χ2n) is 4.68. The molecule has 114 valence electrons. The number of benzene rings is 1. The lowest BCUT2D eigenvalue weighted by atomic mass is 10.1. The third-order valence-electron chi connectivity index (χ3n) is 3.21. The summed E-state index contributed by atoms with van der Waals surface area (Å²) in [4.78, 5) is 24.3. The van der Waals surface area contributed by atoms with Crippen LogP contribution < -0.4 is 14.8 Å². The number of hydrogen-bond acceptors (Lipinski definition) is 5. The minimum atomic E-state index is -0.975. The van der Waals surface area contributed by atoms with Gasteiger partial charge in [0.2, 0.25) is 6.79 Å². The molecule has 2 N–H and O–H groups in total. The van der Waals surface area contributed by atoms with Crippen molar-refractivity contribution in [2.24, 2.45) is 0 Å². The van der Waals surface area contributed by atoms with Crippen LogP contribution in [0.3, 0.4) is 0 Å². The second kappa shape index (κ2) is 6.07. The summed E-state index contributed by atoms with van der Waals surface area (Å²) in [5.41, 5.74) is 0.335. The van der Waals surface area contributed by atoms with Crippen LogP contribution in [0.5, 0.6) is 11.5 Å². The summed E-state index contributed by atoms with van der Waals surface area (Å²) in [6.07, 6.45) is -0.182. The van der Waals surface area contributed by atoms with Crippen molar-refractivity contribution in [1.82, 2.24) is 5.32 Å². The highest BCUT2D eigenvalue weighted by atomic mass is 32.1. The van der Waals surface area contributed by atoms with Gasteiger partial charge in [-0.15, -0.1) is 11.3 Å². The maximum atomic E-state index is 12.5. The van der Waals surface area contributed by atoms with Crippen LogP contribution >= 0.6 is 11.3 Å². The van der Waals surface area contributed by atoms with Gasteiger partial charge in [-0.05, 0) is 23.6 Å². The zero-order chi connectivity index (χ0) is 15.5. The number of para-hydroxylation sites is 1. The third kappa shape index (κ3) is 2.89. The van der Waals surface area contributed by atoms with Crippen LogP contribution in [0.25, 0.3) is 0 Å². The lowest BCUT2D eigenvalue weighted by Crippen LogP contribution is -2.29. The molecule has 22 heavy (non-hydrogen) atoms. The number of carboxylic acid groups (broad SMARTS) is 1. The molecule has 0 fully saturated rings. The number of amides is 1. The highest BCUT2D eigenvalue weighted by molar-refractivity contribution is 7.10. The fourth-order valence-electron chi connectivity index (χ4n) is 2.23. The molecule has 0 saturated heterocycles. The van der Waals surface area contributed by atoms with Crippen molar-refractivity contribution in [2.75, 3.05) is 6.79 Å². The Kier molecular flexibility index (Phi) is 3.97. The molecule has 0 saturated carbocycles. The molecule has 1 aliphatic heterocycles. The van der Waals surface area contributed by atoms with Gasteiger partial charge in [0.05, 0.1) is 18.0 Å². The first-order valence-electron chi connectivity index (χ1n) is 6.60. The number of fused-ring (bicyclic) bond motifs is 1. The summed E-state index contributed by atoms with van der Waals surface area (Å²) in [6.45, 7) is 0.0725. The van der Waals surface area contributed by atoms with E-state index in [9.17, 15) is 9.59 Å². The molecule has 0 radical (unpaired) electrons. The van der Waals surface area contributed by atoms with E-state index >= 15 is 0 Å². The van der Waals surface area contributed by atoms with E-state index in [0.29, 0.717) is 17.1 Å². The van der Waals surface area contributed by atoms with Crippen LogP contribution in [-0.4, -0.2) is 23.8 Å². The number of carboxylic acids is 1. The summed E-state index contributed by atoms with van der Waals surface area (Å²) < 4.78 is 10.5. The molecular weight excluding hydrogens is 306 g/mol. The highest BCUT2D eigenvalue weighted by Gasteiger charge is 2.25. The topological polar surface area (TPSA) is 84.9 Å². The van der Waals surface area contributed by atoms with Crippen molar-refractivity contribution < 1.29 is 24.2 Å². The van der Waals surface area contributed by atoms with Gasteiger partial charge in [-0.2, -0.15) is 0 Å². The van der Waals surface area contributed by atoms with Crippen LogP contribution in [0.15, 0.2) is 35.7 Å². The maximum Gasteiger partial charge on any atom is 0.305 e. The zero-order valence-corrected chi connectivity index (χ0v) is 12.3. The normalized spacial score (nSPS) is 13.6. The van der Waals surface area contributed by atoms with Crippen molar-refractivity contribution in [3.63, 3.8) is 0 Å². The Balaban J connectivity index is 1.83. The number of nitrogens with one attached hydrogen (secondary N) is 1. The maximum absolute atomic E-state index is 12.5. The molecule has 1 aromatic carbocycles. The van der Waals surface area contributed by atoms with Crippen molar-refractivity contribution in [3.05, 3.63) is 46.2 Å². The Morgan fingerprint density at radius 1 is 1.27 bits per heavy atom. The standard InChI is InChI=1S/C15H13NO5S/c17-13(18)7-10(12-5-2-6-22-12)16-15(19)9-3-1-4-11-14(9)21-8-20-11/h1-6,10H,7-8H2,(H,16,19)(H,17,18)/t10-/m1/s1. The predicted octanol–water partition coefficient (Wildman–Crippen LogP) is 2.42. The Bertz CT molecular complexity index is 698. The number of hydrogen-bond donors (Lipinski definition) is 2. The molecule has 7 heteroatoms. The van der Waals surface area contributed by atoms with Crippen LogP contribution in [0, 0.1) is 0 Å². The van der Waals surface area contributed by atoms with E-state index in [1.54, 1.807) is 24.3 Å². The second-order valence-corrected chi connectivity index (χ2v) is 5.66. The van der Waals surface area contributed by atoms with Crippen molar-refractivity contribution in [2.45, 2.75) is 12.5 Å². The third-order valence-corrected chi connectivity index (χ3v) is 4.20. The SMILES string of the molecule is O=C(O)C[C@@H](NC(=O)c1cccc2c1OCO2)c1cccs1. The molecule has 0 spiro atoms. The highest BCUT2D eigenvalue weighted by Crippen LogP contribution is 2.35. The fourth-order valence-corrected chi connectivity index (χ4v) is 3.01. The molecular formula is C15H13NO5S.